The predicted molar refractivity (Wildman–Crippen MR) is 76.4 cm³/mol. The number of rotatable bonds is 3. The van der Waals surface area contributed by atoms with Gasteiger partial charge in [-0.3, -0.25) is 13.5 Å². The van der Waals surface area contributed by atoms with E-state index in [1.165, 1.54) is 22.2 Å². The van der Waals surface area contributed by atoms with E-state index in [4.69, 9.17) is 0 Å². The maximum absolute atomic E-state index is 13.1. The highest BCUT2D eigenvalue weighted by molar-refractivity contribution is 7.13. The molecule has 1 aromatic carbocycles. The fourth-order valence-corrected chi connectivity index (χ4v) is 3.64. The summed E-state index contributed by atoms with van der Waals surface area (Å²) in [6.07, 6.45) is 4.32. The van der Waals surface area contributed by atoms with Crippen LogP contribution in [0.3, 0.4) is 0 Å². The number of carbonyl (C=O) groups excluding carboxylic acids is 1. The summed E-state index contributed by atoms with van der Waals surface area (Å²) in [7, 11) is 0. The molecule has 1 aromatic heterocycles. The molecule has 0 radical (unpaired) electrons. The van der Waals surface area contributed by atoms with Gasteiger partial charge in [0.05, 0.1) is 10.1 Å². The normalized spacial score (nSPS) is 15.8. The fraction of sp³-hybridized carbons (Fsp3) is 0.429. The Hall–Kier alpha value is -1.69. The number of nitrogens with zero attached hydrogens (tertiary/aromatic N) is 1. The minimum atomic E-state index is -0.374. The van der Waals surface area contributed by atoms with Gasteiger partial charge in [-0.15, -0.1) is 0 Å². The van der Waals surface area contributed by atoms with Crippen LogP contribution in [-0.2, 0) is 11.3 Å². The van der Waals surface area contributed by atoms with Crippen LogP contribution in [0.25, 0.3) is 10.1 Å². The van der Waals surface area contributed by atoms with E-state index in [9.17, 15) is 14.0 Å². The van der Waals surface area contributed by atoms with Gasteiger partial charge < -0.3 is 5.32 Å². The van der Waals surface area contributed by atoms with Gasteiger partial charge in [-0.05, 0) is 31.0 Å². The first-order chi connectivity index (χ1) is 9.63. The van der Waals surface area contributed by atoms with E-state index < -0.39 is 0 Å². The monoisotopic (exact) mass is 294 g/mol. The molecule has 0 aliphatic heterocycles. The van der Waals surface area contributed by atoms with Crippen molar-refractivity contribution in [2.75, 3.05) is 0 Å². The number of aromatic nitrogens is 1. The van der Waals surface area contributed by atoms with E-state index in [2.05, 4.69) is 5.32 Å². The zero-order valence-corrected chi connectivity index (χ0v) is 11.7. The van der Waals surface area contributed by atoms with Gasteiger partial charge in [0.1, 0.15) is 12.4 Å². The van der Waals surface area contributed by atoms with Crippen LogP contribution < -0.4 is 10.9 Å². The van der Waals surface area contributed by atoms with E-state index in [0.717, 1.165) is 37.2 Å². The summed E-state index contributed by atoms with van der Waals surface area (Å²) in [5.74, 6) is -0.521. The molecular formula is C14H15FN2O2S. The van der Waals surface area contributed by atoms with E-state index in [-0.39, 0.29) is 29.9 Å². The van der Waals surface area contributed by atoms with E-state index in [0.29, 0.717) is 10.1 Å². The van der Waals surface area contributed by atoms with Crippen molar-refractivity contribution in [3.63, 3.8) is 0 Å². The maximum atomic E-state index is 13.1. The van der Waals surface area contributed by atoms with Crippen molar-refractivity contribution in [2.45, 2.75) is 38.3 Å². The van der Waals surface area contributed by atoms with Gasteiger partial charge in [0, 0.05) is 6.04 Å². The zero-order valence-electron chi connectivity index (χ0n) is 10.9. The molecule has 1 amide bonds. The lowest BCUT2D eigenvalue weighted by atomic mass is 10.2. The summed E-state index contributed by atoms with van der Waals surface area (Å²) in [6.45, 7) is 0.0102. The third kappa shape index (κ3) is 2.60. The lowest BCUT2D eigenvalue weighted by Gasteiger charge is -2.11. The van der Waals surface area contributed by atoms with Crippen LogP contribution >= 0.6 is 11.5 Å². The largest absolute Gasteiger partial charge is 0.352 e. The molecule has 0 spiro atoms. The average molecular weight is 294 g/mol. The molecule has 20 heavy (non-hydrogen) atoms. The molecule has 6 heteroatoms. The highest BCUT2D eigenvalue weighted by Crippen LogP contribution is 2.19. The quantitative estimate of drug-likeness (QED) is 0.944. The van der Waals surface area contributed by atoms with Crippen LogP contribution in [0.2, 0.25) is 0 Å². The number of fused-ring (bicyclic) bond motifs is 1. The second kappa shape index (κ2) is 5.36. The Morgan fingerprint density at radius 1 is 1.40 bits per heavy atom. The van der Waals surface area contributed by atoms with Crippen LogP contribution in [0.15, 0.2) is 23.0 Å². The van der Waals surface area contributed by atoms with Crippen LogP contribution in [0.1, 0.15) is 25.7 Å². The van der Waals surface area contributed by atoms with Crippen molar-refractivity contribution in [1.29, 1.82) is 0 Å². The van der Waals surface area contributed by atoms with Crippen LogP contribution in [0.4, 0.5) is 4.39 Å². The summed E-state index contributed by atoms with van der Waals surface area (Å²) in [4.78, 5) is 24.0. The summed E-state index contributed by atoms with van der Waals surface area (Å²) in [5.41, 5.74) is -0.230. The van der Waals surface area contributed by atoms with E-state index in [1.807, 2.05) is 0 Å². The Bertz CT molecular complexity index is 701. The minimum absolute atomic E-state index is 0.0102. The summed E-state index contributed by atoms with van der Waals surface area (Å²) in [5, 5.41) is 3.41. The lowest BCUT2D eigenvalue weighted by Crippen LogP contribution is -2.36. The number of amides is 1. The molecule has 1 fully saturated rings. The van der Waals surface area contributed by atoms with Crippen molar-refractivity contribution >= 4 is 27.5 Å². The van der Waals surface area contributed by atoms with Crippen molar-refractivity contribution < 1.29 is 9.18 Å². The van der Waals surface area contributed by atoms with Crippen molar-refractivity contribution in [3.05, 3.63) is 34.4 Å². The molecule has 1 aliphatic carbocycles. The molecule has 1 N–H and O–H groups in total. The van der Waals surface area contributed by atoms with Gasteiger partial charge in [0.15, 0.2) is 0 Å². The zero-order chi connectivity index (χ0) is 14.1. The Morgan fingerprint density at radius 3 is 2.90 bits per heavy atom. The second-order valence-electron chi connectivity index (χ2n) is 5.12. The molecule has 4 nitrogen and oxygen atoms in total. The number of benzene rings is 1. The number of hydrogen-bond donors (Lipinski definition) is 1. The molecule has 3 rings (SSSR count). The van der Waals surface area contributed by atoms with E-state index >= 15 is 0 Å². The molecule has 0 unspecified atom stereocenters. The Balaban J connectivity index is 1.78. The molecule has 1 heterocycles. The third-order valence-electron chi connectivity index (χ3n) is 3.62. The smallest absolute Gasteiger partial charge is 0.269 e. The van der Waals surface area contributed by atoms with Gasteiger partial charge in [-0.25, -0.2) is 4.39 Å². The van der Waals surface area contributed by atoms with Crippen LogP contribution in [0.5, 0.6) is 0 Å². The molecule has 1 aliphatic rings. The fourth-order valence-electron chi connectivity index (χ4n) is 2.62. The highest BCUT2D eigenvalue weighted by Gasteiger charge is 2.18. The molecule has 0 saturated heterocycles. The summed E-state index contributed by atoms with van der Waals surface area (Å²) in [6, 6.07) is 4.30. The van der Waals surface area contributed by atoms with Crippen molar-refractivity contribution in [1.82, 2.24) is 9.27 Å². The second-order valence-corrected chi connectivity index (χ2v) is 6.19. The number of carbonyl (C=O) groups is 1. The lowest BCUT2D eigenvalue weighted by molar-refractivity contribution is -0.122. The number of halogens is 1. The Labute approximate surface area is 119 Å². The predicted octanol–water partition coefficient (Wildman–Crippen LogP) is 2.26. The van der Waals surface area contributed by atoms with Gasteiger partial charge >= 0.3 is 0 Å². The van der Waals surface area contributed by atoms with E-state index in [1.54, 1.807) is 0 Å². The number of hydrogen-bond acceptors (Lipinski definition) is 3. The van der Waals surface area contributed by atoms with Crippen molar-refractivity contribution in [2.24, 2.45) is 0 Å². The van der Waals surface area contributed by atoms with Gasteiger partial charge in [-0.2, -0.15) is 0 Å². The Morgan fingerprint density at radius 2 is 2.15 bits per heavy atom. The standard InChI is InChI=1S/C14H15FN2O2S/c15-9-5-6-11-12(7-9)20-17(14(11)19)8-13(18)16-10-3-1-2-4-10/h5-7,10H,1-4,8H2,(H,16,18). The molecule has 0 bridgehead atoms. The maximum Gasteiger partial charge on any atom is 0.269 e. The summed E-state index contributed by atoms with van der Waals surface area (Å²) >= 11 is 1.13. The molecule has 106 valence electrons. The molecule has 2 aromatic rings. The van der Waals surface area contributed by atoms with Gasteiger partial charge in [-0.1, -0.05) is 24.4 Å². The minimum Gasteiger partial charge on any atom is -0.352 e. The average Bonchev–Trinajstić information content (AvgIpc) is 2.99. The topological polar surface area (TPSA) is 51.1 Å². The van der Waals surface area contributed by atoms with Gasteiger partial charge in [0.2, 0.25) is 5.91 Å². The molecule has 0 atom stereocenters. The first-order valence-electron chi connectivity index (χ1n) is 6.72. The van der Waals surface area contributed by atoms with Gasteiger partial charge in [0.25, 0.3) is 5.56 Å². The SMILES string of the molecule is O=C(Cn1sc2cc(F)ccc2c1=O)NC1CCCC1. The summed E-state index contributed by atoms with van der Waals surface area (Å²) < 4.78 is 15.1. The molecular weight excluding hydrogens is 279 g/mol. The third-order valence-corrected chi connectivity index (χ3v) is 4.67. The van der Waals surface area contributed by atoms with Crippen molar-refractivity contribution in [3.8, 4) is 0 Å². The number of nitrogens with one attached hydrogen (secondary N) is 1. The van der Waals surface area contributed by atoms with Crippen LogP contribution in [-0.4, -0.2) is 15.9 Å². The Kier molecular flexibility index (Phi) is 3.56. The first-order valence-corrected chi connectivity index (χ1v) is 7.49. The van der Waals surface area contributed by atoms with Crippen LogP contribution in [0, 0.1) is 5.82 Å². The first kappa shape index (κ1) is 13.3. The molecule has 1 saturated carbocycles. The highest BCUT2D eigenvalue weighted by atomic mass is 32.1.